The molecule has 6 N–H and O–H groups in total. The van der Waals surface area contributed by atoms with E-state index in [1.807, 2.05) is 0 Å². The van der Waals surface area contributed by atoms with Gasteiger partial charge in [0.05, 0.1) is 6.61 Å². The van der Waals surface area contributed by atoms with Crippen LogP contribution < -0.4 is 4.74 Å². The second kappa shape index (κ2) is 6.27. The van der Waals surface area contributed by atoms with Gasteiger partial charge in [-0.3, -0.25) is 0 Å². The highest BCUT2D eigenvalue weighted by Gasteiger charge is 2.54. The molecule has 0 spiro atoms. The van der Waals surface area contributed by atoms with Crippen molar-refractivity contribution >= 4 is 0 Å². The van der Waals surface area contributed by atoms with E-state index in [-0.39, 0.29) is 17.9 Å². The Morgan fingerprint density at radius 3 is 2.36 bits per heavy atom. The van der Waals surface area contributed by atoms with Crippen molar-refractivity contribution < 1.29 is 40.1 Å². The van der Waals surface area contributed by atoms with Gasteiger partial charge in [-0.2, -0.15) is 0 Å². The molecule has 1 aromatic carbocycles. The fourth-order valence-corrected chi connectivity index (χ4v) is 2.42. The highest BCUT2D eigenvalue weighted by atomic mass is 16.7. The van der Waals surface area contributed by atoms with Crippen molar-refractivity contribution in [3.8, 4) is 17.2 Å². The Kier molecular flexibility index (Phi) is 4.78. The van der Waals surface area contributed by atoms with E-state index >= 15 is 0 Å². The lowest BCUT2D eigenvalue weighted by Crippen LogP contribution is -2.67. The van der Waals surface area contributed by atoms with Crippen LogP contribution in [0.15, 0.2) is 18.2 Å². The summed E-state index contributed by atoms with van der Waals surface area (Å²) >= 11 is 0. The number of aliphatic hydroxyl groups is 4. The fourth-order valence-electron chi connectivity index (χ4n) is 2.42. The van der Waals surface area contributed by atoms with Crippen molar-refractivity contribution in [2.75, 3.05) is 6.61 Å². The topological polar surface area (TPSA) is 140 Å². The molecule has 0 unspecified atom stereocenters. The zero-order chi connectivity index (χ0) is 16.5. The largest absolute Gasteiger partial charge is 0.504 e. The zero-order valence-electron chi connectivity index (χ0n) is 12.0. The van der Waals surface area contributed by atoms with Gasteiger partial charge in [-0.1, -0.05) is 6.92 Å². The lowest BCUT2D eigenvalue weighted by atomic mass is 9.91. The highest BCUT2D eigenvalue weighted by molar-refractivity contribution is 5.43. The van der Waals surface area contributed by atoms with Crippen LogP contribution in [-0.2, 0) is 4.74 Å². The van der Waals surface area contributed by atoms with E-state index in [0.29, 0.717) is 0 Å². The lowest BCUT2D eigenvalue weighted by molar-refractivity contribution is -0.338. The Morgan fingerprint density at radius 1 is 1.14 bits per heavy atom. The lowest BCUT2D eigenvalue weighted by Gasteiger charge is -2.47. The molecule has 22 heavy (non-hydrogen) atoms. The van der Waals surface area contributed by atoms with Gasteiger partial charge in [0.15, 0.2) is 11.5 Å². The summed E-state index contributed by atoms with van der Waals surface area (Å²) in [4.78, 5) is 0. The molecule has 0 amide bonds. The van der Waals surface area contributed by atoms with Gasteiger partial charge in [0.2, 0.25) is 5.79 Å². The number of phenolic OH excluding ortho intramolecular Hbond substituents is 2. The molecule has 0 aromatic heterocycles. The van der Waals surface area contributed by atoms with Crippen LogP contribution in [0.4, 0.5) is 0 Å². The van der Waals surface area contributed by atoms with Gasteiger partial charge < -0.3 is 40.1 Å². The molecule has 8 heteroatoms. The summed E-state index contributed by atoms with van der Waals surface area (Å²) in [6.45, 7) is 1.05. The number of hydrogen-bond donors (Lipinski definition) is 6. The Bertz CT molecular complexity index is 520. The third-order valence-electron chi connectivity index (χ3n) is 3.77. The number of benzene rings is 1. The van der Waals surface area contributed by atoms with Crippen LogP contribution in [0.3, 0.4) is 0 Å². The third kappa shape index (κ3) is 2.83. The van der Waals surface area contributed by atoms with Gasteiger partial charge in [0.1, 0.15) is 30.2 Å². The van der Waals surface area contributed by atoms with Crippen molar-refractivity contribution in [1.29, 1.82) is 0 Å². The molecule has 1 aliphatic rings. The molecule has 0 radical (unpaired) electrons. The van der Waals surface area contributed by atoms with Gasteiger partial charge in [-0.25, -0.2) is 0 Å². The van der Waals surface area contributed by atoms with Crippen molar-refractivity contribution in [2.24, 2.45) is 0 Å². The number of aliphatic hydroxyl groups excluding tert-OH is 4. The second-order valence-corrected chi connectivity index (χ2v) is 5.18. The van der Waals surface area contributed by atoms with Gasteiger partial charge in [0, 0.05) is 12.5 Å². The molecule has 124 valence electrons. The van der Waals surface area contributed by atoms with E-state index < -0.39 is 42.6 Å². The second-order valence-electron chi connectivity index (χ2n) is 5.18. The summed E-state index contributed by atoms with van der Waals surface area (Å²) in [5.74, 6) is -2.40. The molecule has 0 aliphatic carbocycles. The monoisotopic (exact) mass is 316 g/mol. The normalized spacial score (nSPS) is 35.3. The minimum absolute atomic E-state index is 0.0801. The molecular formula is C14H20O8. The first-order valence-electron chi connectivity index (χ1n) is 6.88. The quantitative estimate of drug-likeness (QED) is 0.391. The standard InChI is InChI=1S/C14H20O8/c1-2-14(21-7-3-4-8(16)9(17)5-7)13(20)12(19)11(18)10(6-15)22-14/h3-5,10-13,15-20H,2,6H2,1H3/t10-,11-,12+,13-,14+/m1/s1. The van der Waals surface area contributed by atoms with Crippen LogP contribution in [0.5, 0.6) is 17.2 Å². The number of hydrogen-bond acceptors (Lipinski definition) is 8. The maximum absolute atomic E-state index is 10.2. The minimum atomic E-state index is -1.71. The maximum atomic E-state index is 10.2. The van der Waals surface area contributed by atoms with Crippen molar-refractivity contribution in [2.45, 2.75) is 43.5 Å². The minimum Gasteiger partial charge on any atom is -0.504 e. The Hall–Kier alpha value is -1.58. The van der Waals surface area contributed by atoms with E-state index in [1.165, 1.54) is 12.1 Å². The molecule has 2 rings (SSSR count). The predicted octanol–water partition coefficient (Wildman–Crippen LogP) is -0.943. The molecule has 8 nitrogen and oxygen atoms in total. The van der Waals surface area contributed by atoms with E-state index in [4.69, 9.17) is 9.47 Å². The molecule has 5 atom stereocenters. The van der Waals surface area contributed by atoms with Gasteiger partial charge >= 0.3 is 0 Å². The molecule has 1 aromatic rings. The number of rotatable bonds is 4. The van der Waals surface area contributed by atoms with Gasteiger partial charge in [-0.15, -0.1) is 0 Å². The van der Waals surface area contributed by atoms with E-state index in [2.05, 4.69) is 0 Å². The first kappa shape index (κ1) is 16.8. The number of phenols is 2. The average Bonchev–Trinajstić information content (AvgIpc) is 2.51. The van der Waals surface area contributed by atoms with Crippen molar-refractivity contribution in [3.63, 3.8) is 0 Å². The molecule has 1 fully saturated rings. The molecule has 0 saturated carbocycles. The summed E-state index contributed by atoms with van der Waals surface area (Å²) < 4.78 is 11.0. The van der Waals surface area contributed by atoms with Crippen LogP contribution >= 0.6 is 0 Å². The van der Waals surface area contributed by atoms with Crippen molar-refractivity contribution in [1.82, 2.24) is 0 Å². The zero-order valence-corrected chi connectivity index (χ0v) is 12.0. The summed E-state index contributed by atoms with van der Waals surface area (Å²) in [5, 5.41) is 57.9. The molecular weight excluding hydrogens is 296 g/mol. The maximum Gasteiger partial charge on any atom is 0.239 e. The smallest absolute Gasteiger partial charge is 0.239 e. The SMILES string of the molecule is CC[C@]1(Oc2ccc(O)c(O)c2)O[C@H](CO)[C@@H](O)[C@H](O)[C@H]1O. The Morgan fingerprint density at radius 2 is 1.82 bits per heavy atom. The summed E-state index contributed by atoms with van der Waals surface area (Å²) in [7, 11) is 0. The van der Waals surface area contributed by atoms with Gasteiger partial charge in [-0.05, 0) is 12.1 Å². The molecule has 1 aliphatic heterocycles. The van der Waals surface area contributed by atoms with Crippen LogP contribution in [0.25, 0.3) is 0 Å². The summed E-state index contributed by atoms with van der Waals surface area (Å²) in [6, 6.07) is 3.65. The predicted molar refractivity (Wildman–Crippen MR) is 73.4 cm³/mol. The Labute approximate surface area is 126 Å². The molecule has 1 heterocycles. The van der Waals surface area contributed by atoms with Gasteiger partial charge in [0.25, 0.3) is 0 Å². The Balaban J connectivity index is 2.31. The summed E-state index contributed by atoms with van der Waals surface area (Å²) in [5.41, 5.74) is 0. The summed E-state index contributed by atoms with van der Waals surface area (Å²) in [6.07, 6.45) is -5.65. The fraction of sp³-hybridized carbons (Fsp3) is 0.571. The highest BCUT2D eigenvalue weighted by Crippen LogP contribution is 2.37. The van der Waals surface area contributed by atoms with Crippen molar-refractivity contribution in [3.05, 3.63) is 18.2 Å². The van der Waals surface area contributed by atoms with E-state index in [9.17, 15) is 30.6 Å². The van der Waals surface area contributed by atoms with Crippen LogP contribution in [0.2, 0.25) is 0 Å². The number of aromatic hydroxyl groups is 2. The first-order chi connectivity index (χ1) is 10.3. The van der Waals surface area contributed by atoms with E-state index in [0.717, 1.165) is 6.07 Å². The molecule has 0 bridgehead atoms. The van der Waals surface area contributed by atoms with Crippen LogP contribution in [0.1, 0.15) is 13.3 Å². The average molecular weight is 316 g/mol. The molecule has 1 saturated heterocycles. The first-order valence-corrected chi connectivity index (χ1v) is 6.88. The van der Waals surface area contributed by atoms with E-state index in [1.54, 1.807) is 6.92 Å². The third-order valence-corrected chi connectivity index (χ3v) is 3.77. The van der Waals surface area contributed by atoms with Crippen LogP contribution in [0, 0.1) is 0 Å². The number of ether oxygens (including phenoxy) is 2. The van der Waals surface area contributed by atoms with Crippen LogP contribution in [-0.4, -0.2) is 67.4 Å².